The van der Waals surface area contributed by atoms with Crippen LogP contribution in [0.25, 0.3) is 0 Å². The van der Waals surface area contributed by atoms with E-state index in [1.54, 1.807) is 0 Å². The SMILES string of the molecule is C/C=C(/C)[C@H](CC)C(C)C. The summed E-state index contributed by atoms with van der Waals surface area (Å²) in [6.45, 7) is 11.2. The summed E-state index contributed by atoms with van der Waals surface area (Å²) in [5, 5.41) is 0. The summed E-state index contributed by atoms with van der Waals surface area (Å²) in [6, 6.07) is 0. The van der Waals surface area contributed by atoms with E-state index in [4.69, 9.17) is 0 Å². The fourth-order valence-corrected chi connectivity index (χ4v) is 1.53. The normalized spacial score (nSPS) is 16.0. The molecule has 0 saturated carbocycles. The highest BCUT2D eigenvalue weighted by Crippen LogP contribution is 2.22. The van der Waals surface area contributed by atoms with Gasteiger partial charge in [-0.3, -0.25) is 0 Å². The lowest BCUT2D eigenvalue weighted by Gasteiger charge is -2.19. The van der Waals surface area contributed by atoms with Crippen molar-refractivity contribution in [3.8, 4) is 0 Å². The quantitative estimate of drug-likeness (QED) is 0.525. The van der Waals surface area contributed by atoms with Crippen LogP contribution in [-0.4, -0.2) is 0 Å². The maximum absolute atomic E-state index is 2.29. The van der Waals surface area contributed by atoms with E-state index >= 15 is 0 Å². The summed E-state index contributed by atoms with van der Waals surface area (Å²) in [6.07, 6.45) is 3.50. The van der Waals surface area contributed by atoms with Gasteiger partial charge in [0.05, 0.1) is 0 Å². The van der Waals surface area contributed by atoms with Crippen molar-refractivity contribution in [1.82, 2.24) is 0 Å². The molecule has 0 aliphatic carbocycles. The molecule has 0 aliphatic heterocycles. The van der Waals surface area contributed by atoms with Gasteiger partial charge in [0.2, 0.25) is 0 Å². The van der Waals surface area contributed by atoms with Gasteiger partial charge >= 0.3 is 0 Å². The molecule has 0 heteroatoms. The van der Waals surface area contributed by atoms with E-state index in [1.165, 1.54) is 12.0 Å². The summed E-state index contributed by atoms with van der Waals surface area (Å²) in [5.74, 6) is 1.59. The van der Waals surface area contributed by atoms with Gasteiger partial charge in [-0.15, -0.1) is 0 Å². The van der Waals surface area contributed by atoms with Crippen LogP contribution >= 0.6 is 0 Å². The van der Waals surface area contributed by atoms with E-state index < -0.39 is 0 Å². The second-order valence-electron chi connectivity index (χ2n) is 3.29. The highest BCUT2D eigenvalue weighted by molar-refractivity contribution is 5.02. The predicted molar refractivity (Wildman–Crippen MR) is 48.1 cm³/mol. The average molecular weight is 140 g/mol. The smallest absolute Gasteiger partial charge is 0.0186 e. The molecule has 0 aromatic carbocycles. The van der Waals surface area contributed by atoms with Crippen molar-refractivity contribution in [3.63, 3.8) is 0 Å². The van der Waals surface area contributed by atoms with Crippen molar-refractivity contribution >= 4 is 0 Å². The van der Waals surface area contributed by atoms with Crippen LogP contribution in [0, 0.1) is 11.8 Å². The number of hydrogen-bond donors (Lipinski definition) is 0. The first kappa shape index (κ1) is 9.74. The Labute approximate surface area is 65.3 Å². The zero-order chi connectivity index (χ0) is 8.15. The summed E-state index contributed by atoms with van der Waals surface area (Å²) in [7, 11) is 0. The van der Waals surface area contributed by atoms with Crippen molar-refractivity contribution in [2.75, 3.05) is 0 Å². The molecule has 0 radical (unpaired) electrons. The predicted octanol–water partition coefficient (Wildman–Crippen LogP) is 3.63. The highest BCUT2D eigenvalue weighted by Gasteiger charge is 2.11. The first-order chi connectivity index (χ1) is 4.63. The van der Waals surface area contributed by atoms with Crippen LogP contribution < -0.4 is 0 Å². The molecule has 0 spiro atoms. The standard InChI is InChI=1S/C10H20/c1-6-9(5)10(7-2)8(3)4/h6,8,10H,7H2,1-5H3/b9-6-/t10-/m1/s1. The van der Waals surface area contributed by atoms with Gasteiger partial charge in [0.25, 0.3) is 0 Å². The molecule has 0 fully saturated rings. The minimum absolute atomic E-state index is 0.793. The van der Waals surface area contributed by atoms with Gasteiger partial charge in [0, 0.05) is 0 Å². The summed E-state index contributed by atoms with van der Waals surface area (Å²) in [5.41, 5.74) is 1.54. The lowest BCUT2D eigenvalue weighted by Crippen LogP contribution is -2.08. The molecule has 0 heterocycles. The second-order valence-corrected chi connectivity index (χ2v) is 3.29. The summed E-state index contributed by atoms with van der Waals surface area (Å²) < 4.78 is 0. The Bertz CT molecular complexity index is 109. The molecule has 0 N–H and O–H groups in total. The van der Waals surface area contributed by atoms with Crippen LogP contribution in [0.2, 0.25) is 0 Å². The molecular weight excluding hydrogens is 120 g/mol. The van der Waals surface area contributed by atoms with E-state index in [2.05, 4.69) is 40.7 Å². The number of allylic oxidation sites excluding steroid dienone is 2. The monoisotopic (exact) mass is 140 g/mol. The van der Waals surface area contributed by atoms with E-state index in [1.807, 2.05) is 0 Å². The molecule has 0 unspecified atom stereocenters. The molecule has 0 rings (SSSR count). The van der Waals surface area contributed by atoms with Crippen LogP contribution in [0.3, 0.4) is 0 Å². The largest absolute Gasteiger partial charge is 0.0884 e. The first-order valence-electron chi connectivity index (χ1n) is 4.26. The van der Waals surface area contributed by atoms with E-state index in [9.17, 15) is 0 Å². The van der Waals surface area contributed by atoms with Crippen LogP contribution in [0.4, 0.5) is 0 Å². The van der Waals surface area contributed by atoms with Crippen molar-refractivity contribution in [2.45, 2.75) is 41.0 Å². The van der Waals surface area contributed by atoms with Crippen molar-refractivity contribution in [2.24, 2.45) is 11.8 Å². The Morgan fingerprint density at radius 1 is 1.40 bits per heavy atom. The Morgan fingerprint density at radius 3 is 2.00 bits per heavy atom. The average Bonchev–Trinajstić information content (AvgIpc) is 1.88. The highest BCUT2D eigenvalue weighted by atomic mass is 14.2. The molecule has 0 nitrogen and oxygen atoms in total. The van der Waals surface area contributed by atoms with E-state index in [0.717, 1.165) is 11.8 Å². The van der Waals surface area contributed by atoms with Crippen molar-refractivity contribution in [3.05, 3.63) is 11.6 Å². The first-order valence-corrected chi connectivity index (χ1v) is 4.26. The number of hydrogen-bond acceptors (Lipinski definition) is 0. The van der Waals surface area contributed by atoms with E-state index in [0.29, 0.717) is 0 Å². The Balaban J connectivity index is 4.07. The molecule has 0 bridgehead atoms. The summed E-state index contributed by atoms with van der Waals surface area (Å²) >= 11 is 0. The van der Waals surface area contributed by atoms with Gasteiger partial charge in [-0.2, -0.15) is 0 Å². The van der Waals surface area contributed by atoms with Gasteiger partial charge in [0.15, 0.2) is 0 Å². The molecule has 60 valence electrons. The minimum Gasteiger partial charge on any atom is -0.0884 e. The molecule has 0 aromatic rings. The Hall–Kier alpha value is -0.260. The van der Waals surface area contributed by atoms with Gasteiger partial charge in [-0.25, -0.2) is 0 Å². The molecule has 10 heavy (non-hydrogen) atoms. The molecule has 0 amide bonds. The zero-order valence-corrected chi connectivity index (χ0v) is 7.94. The molecule has 0 aliphatic rings. The number of rotatable bonds is 3. The molecular formula is C10H20. The fourth-order valence-electron chi connectivity index (χ4n) is 1.53. The van der Waals surface area contributed by atoms with Gasteiger partial charge in [0.1, 0.15) is 0 Å². The van der Waals surface area contributed by atoms with Gasteiger partial charge in [-0.05, 0) is 32.1 Å². The lowest BCUT2D eigenvalue weighted by atomic mass is 9.87. The summed E-state index contributed by atoms with van der Waals surface area (Å²) in [4.78, 5) is 0. The van der Waals surface area contributed by atoms with Crippen LogP contribution in [0.15, 0.2) is 11.6 Å². The van der Waals surface area contributed by atoms with Crippen molar-refractivity contribution < 1.29 is 0 Å². The van der Waals surface area contributed by atoms with Crippen LogP contribution in [-0.2, 0) is 0 Å². The zero-order valence-electron chi connectivity index (χ0n) is 7.94. The van der Waals surface area contributed by atoms with Gasteiger partial charge < -0.3 is 0 Å². The fraction of sp³-hybridized carbons (Fsp3) is 0.800. The van der Waals surface area contributed by atoms with Crippen LogP contribution in [0.5, 0.6) is 0 Å². The Kier molecular flexibility index (Phi) is 4.42. The third kappa shape index (κ3) is 2.55. The molecule has 0 saturated heterocycles. The van der Waals surface area contributed by atoms with Crippen LogP contribution in [0.1, 0.15) is 41.0 Å². The van der Waals surface area contributed by atoms with Crippen molar-refractivity contribution in [1.29, 1.82) is 0 Å². The minimum atomic E-state index is 0.793. The third-order valence-corrected chi connectivity index (χ3v) is 2.28. The third-order valence-electron chi connectivity index (χ3n) is 2.28. The Morgan fingerprint density at radius 2 is 1.90 bits per heavy atom. The topological polar surface area (TPSA) is 0 Å². The van der Waals surface area contributed by atoms with E-state index in [-0.39, 0.29) is 0 Å². The lowest BCUT2D eigenvalue weighted by molar-refractivity contribution is 0.430. The maximum atomic E-state index is 2.29. The van der Waals surface area contributed by atoms with Gasteiger partial charge in [-0.1, -0.05) is 32.4 Å². The molecule has 1 atom stereocenters. The second kappa shape index (κ2) is 4.54. The maximum Gasteiger partial charge on any atom is -0.0186 e. The molecule has 0 aromatic heterocycles.